The number of nitrogens with zero attached hydrogens (tertiary/aromatic N) is 4. The summed E-state index contributed by atoms with van der Waals surface area (Å²) in [6.45, 7) is 8.75. The molecule has 160 valence electrons. The van der Waals surface area contributed by atoms with Crippen LogP contribution in [0.4, 0.5) is 0 Å². The predicted octanol–water partition coefficient (Wildman–Crippen LogP) is 2.79. The fraction of sp³-hybridized carbons (Fsp3) is 0.526. The largest absolute Gasteiger partial charge is 0.379 e. The normalized spacial score (nSPS) is 15.0. The molecule has 0 unspecified atom stereocenters. The van der Waals surface area contributed by atoms with Gasteiger partial charge in [0, 0.05) is 36.8 Å². The average Bonchev–Trinajstić information content (AvgIpc) is 3.19. The summed E-state index contributed by atoms with van der Waals surface area (Å²) in [5.74, 6) is 1.75. The van der Waals surface area contributed by atoms with Crippen molar-refractivity contribution in [1.82, 2.24) is 25.7 Å². The highest BCUT2D eigenvalue weighted by Gasteiger charge is 2.10. The zero-order chi connectivity index (χ0) is 19.6. The van der Waals surface area contributed by atoms with Gasteiger partial charge in [-0.2, -0.15) is 4.98 Å². The molecule has 0 aliphatic carbocycles. The average molecular weight is 535 g/mol. The number of hydrogen-bond acceptors (Lipinski definition) is 6. The smallest absolute Gasteiger partial charge is 0.248 e. The molecule has 1 aliphatic heterocycles. The van der Waals surface area contributed by atoms with E-state index in [9.17, 15) is 0 Å². The Balaban J connectivity index is 0.00000300. The van der Waals surface area contributed by atoms with E-state index in [1.54, 1.807) is 12.1 Å². The van der Waals surface area contributed by atoms with E-state index in [1.165, 1.54) is 0 Å². The lowest BCUT2D eigenvalue weighted by Crippen LogP contribution is -2.40. The molecule has 1 fully saturated rings. The van der Waals surface area contributed by atoms with E-state index in [2.05, 4.69) is 30.7 Å². The fourth-order valence-corrected chi connectivity index (χ4v) is 2.98. The molecule has 0 amide bonds. The maximum Gasteiger partial charge on any atom is 0.248 e. The van der Waals surface area contributed by atoms with Crippen LogP contribution >= 0.6 is 35.6 Å². The Bertz CT molecular complexity index is 749. The molecule has 1 aromatic carbocycles. The fourth-order valence-electron chi connectivity index (χ4n) is 2.86. The van der Waals surface area contributed by atoms with Gasteiger partial charge in [0.1, 0.15) is 6.54 Å². The molecule has 29 heavy (non-hydrogen) atoms. The lowest BCUT2D eigenvalue weighted by molar-refractivity contribution is 0.0376. The van der Waals surface area contributed by atoms with Crippen LogP contribution in [0.15, 0.2) is 33.8 Å². The molecule has 1 aliphatic rings. The molecular weight excluding hydrogens is 507 g/mol. The Labute approximate surface area is 193 Å². The summed E-state index contributed by atoms with van der Waals surface area (Å²) < 4.78 is 10.7. The highest BCUT2D eigenvalue weighted by atomic mass is 127. The summed E-state index contributed by atoms with van der Waals surface area (Å²) >= 11 is 5.91. The Hall–Kier alpha value is -1.43. The number of aliphatic imine (C=N–C) groups is 1. The Morgan fingerprint density at radius 1 is 1.21 bits per heavy atom. The number of halogens is 2. The van der Waals surface area contributed by atoms with Crippen LogP contribution in [0.25, 0.3) is 11.4 Å². The summed E-state index contributed by atoms with van der Waals surface area (Å²) in [5, 5.41) is 11.3. The second-order valence-corrected chi connectivity index (χ2v) is 6.88. The SMILES string of the molecule is CCNC(=NCc1nc(-c2ccc(Cl)cc2)no1)NCCCN1CCOCC1.I. The van der Waals surface area contributed by atoms with Crippen LogP contribution in [0.1, 0.15) is 19.2 Å². The molecule has 8 nitrogen and oxygen atoms in total. The van der Waals surface area contributed by atoms with Crippen molar-refractivity contribution in [2.24, 2.45) is 4.99 Å². The van der Waals surface area contributed by atoms with Gasteiger partial charge < -0.3 is 19.9 Å². The van der Waals surface area contributed by atoms with Crippen molar-refractivity contribution in [2.75, 3.05) is 45.9 Å². The van der Waals surface area contributed by atoms with Gasteiger partial charge >= 0.3 is 0 Å². The first kappa shape index (κ1) is 23.8. The minimum Gasteiger partial charge on any atom is -0.379 e. The van der Waals surface area contributed by atoms with Crippen LogP contribution in [0.3, 0.4) is 0 Å². The number of benzene rings is 1. The van der Waals surface area contributed by atoms with Gasteiger partial charge in [-0.15, -0.1) is 24.0 Å². The summed E-state index contributed by atoms with van der Waals surface area (Å²) in [6, 6.07) is 7.32. The molecule has 3 rings (SSSR count). The number of nitrogens with one attached hydrogen (secondary N) is 2. The number of morpholine rings is 1. The van der Waals surface area contributed by atoms with Crippen LogP contribution in [-0.2, 0) is 11.3 Å². The van der Waals surface area contributed by atoms with Crippen molar-refractivity contribution < 1.29 is 9.26 Å². The molecular formula is C19H28ClIN6O2. The molecule has 2 aromatic rings. The molecule has 2 N–H and O–H groups in total. The highest BCUT2D eigenvalue weighted by Crippen LogP contribution is 2.18. The van der Waals surface area contributed by atoms with Crippen LogP contribution in [0.5, 0.6) is 0 Å². The zero-order valence-electron chi connectivity index (χ0n) is 16.6. The second-order valence-electron chi connectivity index (χ2n) is 6.45. The molecule has 0 spiro atoms. The van der Waals surface area contributed by atoms with Crippen molar-refractivity contribution in [1.29, 1.82) is 0 Å². The first-order chi connectivity index (χ1) is 13.7. The highest BCUT2D eigenvalue weighted by molar-refractivity contribution is 14.0. The molecule has 0 saturated carbocycles. The van der Waals surface area contributed by atoms with Crippen LogP contribution in [0.2, 0.25) is 5.02 Å². The topological polar surface area (TPSA) is 87.8 Å². The lowest BCUT2D eigenvalue weighted by atomic mass is 10.2. The maximum atomic E-state index is 5.91. The number of guanidine groups is 1. The zero-order valence-corrected chi connectivity index (χ0v) is 19.7. The van der Waals surface area contributed by atoms with Crippen molar-refractivity contribution in [3.8, 4) is 11.4 Å². The standard InChI is InChI=1S/C19H27ClN6O2.HI/c1-2-21-19(22-8-3-9-26-10-12-27-13-11-26)23-14-17-24-18(25-28-17)15-4-6-16(20)7-5-15;/h4-7H,2-3,8-14H2,1H3,(H2,21,22,23);1H. The van der Waals surface area contributed by atoms with Crippen LogP contribution in [0, 0.1) is 0 Å². The monoisotopic (exact) mass is 534 g/mol. The molecule has 0 bridgehead atoms. The third kappa shape index (κ3) is 8.07. The van der Waals surface area contributed by atoms with E-state index in [0.29, 0.717) is 23.3 Å². The summed E-state index contributed by atoms with van der Waals surface area (Å²) in [5.41, 5.74) is 0.858. The first-order valence-electron chi connectivity index (χ1n) is 9.65. The van der Waals surface area contributed by atoms with Crippen molar-refractivity contribution in [3.05, 3.63) is 35.2 Å². The van der Waals surface area contributed by atoms with E-state index >= 15 is 0 Å². The first-order valence-corrected chi connectivity index (χ1v) is 10.0. The van der Waals surface area contributed by atoms with Gasteiger partial charge in [0.05, 0.1) is 13.2 Å². The van der Waals surface area contributed by atoms with Crippen LogP contribution in [-0.4, -0.2) is 66.9 Å². The molecule has 2 heterocycles. The van der Waals surface area contributed by atoms with E-state index in [-0.39, 0.29) is 24.0 Å². The minimum atomic E-state index is 0. The van der Waals surface area contributed by atoms with Gasteiger partial charge in [0.15, 0.2) is 5.96 Å². The summed E-state index contributed by atoms with van der Waals surface area (Å²) in [6.07, 6.45) is 1.05. The number of hydrogen-bond donors (Lipinski definition) is 2. The van der Waals surface area contributed by atoms with E-state index in [4.69, 9.17) is 20.9 Å². The Morgan fingerprint density at radius 3 is 2.69 bits per heavy atom. The molecule has 0 radical (unpaired) electrons. The predicted molar refractivity (Wildman–Crippen MR) is 125 cm³/mol. The molecule has 1 saturated heterocycles. The van der Waals surface area contributed by atoms with E-state index in [1.807, 2.05) is 19.1 Å². The van der Waals surface area contributed by atoms with Gasteiger partial charge in [0.25, 0.3) is 0 Å². The Kier molecular flexibility index (Phi) is 10.7. The lowest BCUT2D eigenvalue weighted by Gasteiger charge is -2.26. The summed E-state index contributed by atoms with van der Waals surface area (Å²) in [4.78, 5) is 11.4. The third-order valence-corrected chi connectivity index (χ3v) is 4.59. The molecule has 10 heteroatoms. The molecule has 0 atom stereocenters. The summed E-state index contributed by atoms with van der Waals surface area (Å²) in [7, 11) is 0. The maximum absolute atomic E-state index is 5.91. The van der Waals surface area contributed by atoms with E-state index < -0.39 is 0 Å². The van der Waals surface area contributed by atoms with Crippen molar-refractivity contribution in [3.63, 3.8) is 0 Å². The quantitative estimate of drug-likeness (QED) is 0.233. The number of rotatable bonds is 8. The number of aromatic nitrogens is 2. The van der Waals surface area contributed by atoms with Gasteiger partial charge in [0.2, 0.25) is 11.7 Å². The number of ether oxygens (including phenoxy) is 1. The molecule has 1 aromatic heterocycles. The third-order valence-electron chi connectivity index (χ3n) is 4.33. The van der Waals surface area contributed by atoms with Gasteiger partial charge in [-0.25, -0.2) is 4.99 Å². The van der Waals surface area contributed by atoms with Crippen LogP contribution < -0.4 is 10.6 Å². The minimum absolute atomic E-state index is 0. The second kappa shape index (κ2) is 13.0. The van der Waals surface area contributed by atoms with Gasteiger partial charge in [-0.1, -0.05) is 16.8 Å². The Morgan fingerprint density at radius 2 is 1.97 bits per heavy atom. The van der Waals surface area contributed by atoms with Crippen molar-refractivity contribution >= 4 is 41.5 Å². The van der Waals surface area contributed by atoms with Crippen molar-refractivity contribution in [2.45, 2.75) is 19.9 Å². The van der Waals surface area contributed by atoms with E-state index in [0.717, 1.165) is 63.9 Å². The van der Waals surface area contributed by atoms with Gasteiger partial charge in [-0.05, 0) is 44.2 Å². The van der Waals surface area contributed by atoms with Gasteiger partial charge in [-0.3, -0.25) is 4.90 Å².